The summed E-state index contributed by atoms with van der Waals surface area (Å²) in [6, 6.07) is 15.8. The van der Waals surface area contributed by atoms with E-state index in [-0.39, 0.29) is 6.10 Å². The summed E-state index contributed by atoms with van der Waals surface area (Å²) < 4.78 is 11.5. The zero-order valence-corrected chi connectivity index (χ0v) is 13.2. The first-order valence-electron chi connectivity index (χ1n) is 7.63. The highest BCUT2D eigenvalue weighted by atomic mass is 35.5. The highest BCUT2D eigenvalue weighted by Gasteiger charge is 2.16. The molecule has 0 spiro atoms. The van der Waals surface area contributed by atoms with Crippen molar-refractivity contribution in [2.75, 3.05) is 18.5 Å². The fourth-order valence-corrected chi connectivity index (χ4v) is 2.75. The van der Waals surface area contributed by atoms with Gasteiger partial charge in [-0.25, -0.2) is 0 Å². The van der Waals surface area contributed by atoms with Gasteiger partial charge in [-0.15, -0.1) is 0 Å². The van der Waals surface area contributed by atoms with Gasteiger partial charge in [-0.2, -0.15) is 0 Å². The van der Waals surface area contributed by atoms with Gasteiger partial charge in [-0.3, -0.25) is 0 Å². The second-order valence-electron chi connectivity index (χ2n) is 5.43. The lowest BCUT2D eigenvalue weighted by molar-refractivity contribution is 0.0682. The molecule has 0 aromatic heterocycles. The van der Waals surface area contributed by atoms with E-state index in [1.165, 1.54) is 0 Å². The Hall–Kier alpha value is -1.71. The molecule has 1 aliphatic rings. The predicted octanol–water partition coefficient (Wildman–Crippen LogP) is 4.51. The van der Waals surface area contributed by atoms with Crippen LogP contribution in [0.5, 0.6) is 5.75 Å². The molecule has 22 heavy (non-hydrogen) atoms. The molecule has 0 amide bonds. The van der Waals surface area contributed by atoms with Crippen molar-refractivity contribution in [3.05, 3.63) is 59.1 Å². The molecule has 1 saturated heterocycles. The molecule has 1 N–H and O–H groups in total. The maximum Gasteiger partial charge on any atom is 0.142 e. The Morgan fingerprint density at radius 3 is 2.91 bits per heavy atom. The Labute approximate surface area is 136 Å². The molecule has 0 radical (unpaired) electrons. The third-order valence-electron chi connectivity index (χ3n) is 3.71. The second kappa shape index (κ2) is 7.52. The van der Waals surface area contributed by atoms with Crippen molar-refractivity contribution in [3.63, 3.8) is 0 Å². The summed E-state index contributed by atoms with van der Waals surface area (Å²) >= 11 is 6.01. The summed E-state index contributed by atoms with van der Waals surface area (Å²) in [7, 11) is 0. The lowest BCUT2D eigenvalue weighted by Crippen LogP contribution is -2.16. The molecule has 1 aliphatic heterocycles. The predicted molar refractivity (Wildman–Crippen MR) is 89.7 cm³/mol. The van der Waals surface area contributed by atoms with Crippen molar-refractivity contribution in [3.8, 4) is 5.75 Å². The highest BCUT2D eigenvalue weighted by molar-refractivity contribution is 6.30. The van der Waals surface area contributed by atoms with Crippen LogP contribution < -0.4 is 10.1 Å². The second-order valence-corrected chi connectivity index (χ2v) is 5.86. The Kier molecular flexibility index (Phi) is 5.20. The normalized spacial score (nSPS) is 17.4. The fourth-order valence-electron chi connectivity index (χ4n) is 2.54. The van der Waals surface area contributed by atoms with Crippen molar-refractivity contribution < 1.29 is 9.47 Å². The molecule has 1 fully saturated rings. The molecule has 2 aromatic rings. The lowest BCUT2D eigenvalue weighted by Gasteiger charge is -2.15. The summed E-state index contributed by atoms with van der Waals surface area (Å²) in [6.45, 7) is 2.17. The number of hydrogen-bond donors (Lipinski definition) is 1. The molecule has 1 atom stereocenters. The van der Waals surface area contributed by atoms with E-state index in [1.807, 2.05) is 42.5 Å². The number of para-hydroxylation sites is 2. The van der Waals surface area contributed by atoms with Crippen molar-refractivity contribution >= 4 is 17.3 Å². The van der Waals surface area contributed by atoms with Gasteiger partial charge in [0.1, 0.15) is 12.4 Å². The first-order chi connectivity index (χ1) is 10.8. The number of halogens is 1. The third-order valence-corrected chi connectivity index (χ3v) is 3.94. The molecule has 2 aromatic carbocycles. The standard InChI is InChI=1S/C18H20ClNO2/c19-15-6-3-5-14(11-15)12-20-17-8-1-2-9-18(17)22-13-16-7-4-10-21-16/h1-3,5-6,8-9,11,16,20H,4,7,10,12-13H2. The third kappa shape index (κ3) is 4.15. The van der Waals surface area contributed by atoms with Gasteiger partial charge >= 0.3 is 0 Å². The molecule has 3 rings (SSSR count). The van der Waals surface area contributed by atoms with Gasteiger partial charge in [0.25, 0.3) is 0 Å². The first-order valence-corrected chi connectivity index (χ1v) is 8.01. The van der Waals surface area contributed by atoms with Crippen LogP contribution in [0.2, 0.25) is 5.02 Å². The van der Waals surface area contributed by atoms with Crippen LogP contribution >= 0.6 is 11.6 Å². The zero-order chi connectivity index (χ0) is 15.2. The average Bonchev–Trinajstić information content (AvgIpc) is 3.05. The number of hydrogen-bond acceptors (Lipinski definition) is 3. The Morgan fingerprint density at radius 1 is 1.18 bits per heavy atom. The largest absolute Gasteiger partial charge is 0.489 e. The minimum Gasteiger partial charge on any atom is -0.489 e. The molecule has 1 unspecified atom stereocenters. The average molecular weight is 318 g/mol. The summed E-state index contributed by atoms with van der Waals surface area (Å²) in [4.78, 5) is 0. The highest BCUT2D eigenvalue weighted by Crippen LogP contribution is 2.26. The van der Waals surface area contributed by atoms with Gasteiger partial charge < -0.3 is 14.8 Å². The van der Waals surface area contributed by atoms with E-state index in [2.05, 4.69) is 11.4 Å². The fraction of sp³-hybridized carbons (Fsp3) is 0.333. The van der Waals surface area contributed by atoms with Crippen LogP contribution in [0.25, 0.3) is 0 Å². The van der Waals surface area contributed by atoms with Crippen LogP contribution in [0, 0.1) is 0 Å². The Bertz CT molecular complexity index is 612. The first kappa shape index (κ1) is 15.2. The number of rotatable bonds is 6. The van der Waals surface area contributed by atoms with Crippen molar-refractivity contribution in [1.29, 1.82) is 0 Å². The van der Waals surface area contributed by atoms with Gasteiger partial charge in [0.2, 0.25) is 0 Å². The molecule has 3 nitrogen and oxygen atoms in total. The molecule has 0 aliphatic carbocycles. The van der Waals surface area contributed by atoms with Gasteiger partial charge in [-0.05, 0) is 42.7 Å². The van der Waals surface area contributed by atoms with Crippen LogP contribution in [-0.4, -0.2) is 19.3 Å². The van der Waals surface area contributed by atoms with Crippen molar-refractivity contribution in [2.24, 2.45) is 0 Å². The number of benzene rings is 2. The molecule has 4 heteroatoms. The smallest absolute Gasteiger partial charge is 0.142 e. The van der Waals surface area contributed by atoms with Gasteiger partial charge in [0.15, 0.2) is 0 Å². The van der Waals surface area contributed by atoms with Crippen molar-refractivity contribution in [2.45, 2.75) is 25.5 Å². The van der Waals surface area contributed by atoms with Crippen LogP contribution in [0.15, 0.2) is 48.5 Å². The molecule has 1 heterocycles. The minimum atomic E-state index is 0.223. The SMILES string of the molecule is Clc1cccc(CNc2ccccc2OCC2CCCO2)c1. The lowest BCUT2D eigenvalue weighted by atomic mass is 10.2. The van der Waals surface area contributed by atoms with E-state index < -0.39 is 0 Å². The summed E-state index contributed by atoms with van der Waals surface area (Å²) in [5, 5.41) is 4.16. The maximum absolute atomic E-state index is 6.01. The van der Waals surface area contributed by atoms with E-state index in [1.54, 1.807) is 0 Å². The topological polar surface area (TPSA) is 30.5 Å². The summed E-state index contributed by atoms with van der Waals surface area (Å²) in [5.74, 6) is 0.861. The monoisotopic (exact) mass is 317 g/mol. The molecular formula is C18H20ClNO2. The van der Waals surface area contributed by atoms with E-state index >= 15 is 0 Å². The number of anilines is 1. The molecular weight excluding hydrogens is 298 g/mol. The van der Waals surface area contributed by atoms with Crippen LogP contribution in [0.3, 0.4) is 0 Å². The zero-order valence-electron chi connectivity index (χ0n) is 12.4. The molecule has 0 bridgehead atoms. The van der Waals surface area contributed by atoms with Gasteiger partial charge in [0.05, 0.1) is 11.8 Å². The van der Waals surface area contributed by atoms with Gasteiger partial charge in [0, 0.05) is 18.2 Å². The van der Waals surface area contributed by atoms with Gasteiger partial charge in [-0.1, -0.05) is 35.9 Å². The van der Waals surface area contributed by atoms with E-state index in [4.69, 9.17) is 21.1 Å². The quantitative estimate of drug-likeness (QED) is 0.850. The molecule has 116 valence electrons. The Morgan fingerprint density at radius 2 is 2.09 bits per heavy atom. The maximum atomic E-state index is 6.01. The van der Waals surface area contributed by atoms with Crippen LogP contribution in [0.1, 0.15) is 18.4 Å². The van der Waals surface area contributed by atoms with Crippen LogP contribution in [0.4, 0.5) is 5.69 Å². The van der Waals surface area contributed by atoms with E-state index in [9.17, 15) is 0 Å². The van der Waals surface area contributed by atoms with Crippen LogP contribution in [-0.2, 0) is 11.3 Å². The van der Waals surface area contributed by atoms with Crippen molar-refractivity contribution in [1.82, 2.24) is 0 Å². The number of ether oxygens (including phenoxy) is 2. The summed E-state index contributed by atoms with van der Waals surface area (Å²) in [5.41, 5.74) is 2.13. The van der Waals surface area contributed by atoms with E-state index in [0.29, 0.717) is 13.2 Å². The summed E-state index contributed by atoms with van der Waals surface area (Å²) in [6.07, 6.45) is 2.43. The van der Waals surface area contributed by atoms with E-state index in [0.717, 1.165) is 41.5 Å². The molecule has 0 saturated carbocycles. The minimum absolute atomic E-state index is 0.223. The Balaban J connectivity index is 1.60. The number of nitrogens with one attached hydrogen (secondary N) is 1.